The molecule has 0 unspecified atom stereocenters. The second-order valence-electron chi connectivity index (χ2n) is 10.8. The van der Waals surface area contributed by atoms with Crippen LogP contribution in [-0.2, 0) is 6.54 Å². The Kier molecular flexibility index (Phi) is 8.12. The van der Waals surface area contributed by atoms with Crippen LogP contribution in [0.3, 0.4) is 0 Å². The van der Waals surface area contributed by atoms with E-state index in [1.165, 1.54) is 36.4 Å². The number of hydrogen-bond acceptors (Lipinski definition) is 3. The van der Waals surface area contributed by atoms with Crippen molar-refractivity contribution in [3.8, 4) is 11.1 Å². The van der Waals surface area contributed by atoms with Crippen LogP contribution in [0.5, 0.6) is 0 Å². The molecule has 0 aliphatic rings. The van der Waals surface area contributed by atoms with Gasteiger partial charge in [-0.2, -0.15) is 0 Å². The quantitative estimate of drug-likeness (QED) is 0.155. The van der Waals surface area contributed by atoms with Gasteiger partial charge in [-0.15, -0.1) is 0 Å². The van der Waals surface area contributed by atoms with Crippen LogP contribution in [0.15, 0.2) is 121 Å². The largest absolute Gasteiger partial charge is 0.478 e. The molecule has 1 heterocycles. The van der Waals surface area contributed by atoms with E-state index < -0.39 is 5.97 Å². The fraction of sp³-hybridized carbons (Fsp3) is 0.0811. The van der Waals surface area contributed by atoms with E-state index in [-0.39, 0.29) is 29.1 Å². The van der Waals surface area contributed by atoms with Crippen molar-refractivity contribution in [2.24, 2.45) is 0 Å². The average molecular weight is 602 g/mol. The third-order valence-electron chi connectivity index (χ3n) is 7.76. The van der Waals surface area contributed by atoms with Crippen LogP contribution in [0.4, 0.5) is 20.2 Å². The molecule has 0 fully saturated rings. The Morgan fingerprint density at radius 2 is 1.49 bits per heavy atom. The lowest BCUT2D eigenvalue weighted by Gasteiger charge is -2.17. The lowest BCUT2D eigenvalue weighted by molar-refractivity contribution is 0.0696. The minimum atomic E-state index is -1.01. The maximum Gasteiger partial charge on any atom is 0.335 e. The number of halogens is 2. The number of carboxylic acids is 1. The molecule has 5 aromatic carbocycles. The van der Waals surface area contributed by atoms with Crippen LogP contribution in [0, 0.1) is 11.6 Å². The topological polar surface area (TPSA) is 83.4 Å². The van der Waals surface area contributed by atoms with Gasteiger partial charge >= 0.3 is 5.97 Å². The molecule has 6 aromatic rings. The van der Waals surface area contributed by atoms with E-state index in [2.05, 4.69) is 10.6 Å². The zero-order valence-electron chi connectivity index (χ0n) is 24.3. The van der Waals surface area contributed by atoms with Gasteiger partial charge in [0.15, 0.2) is 0 Å². The number of carbonyl (C=O) groups excluding carboxylic acids is 1. The maximum atomic E-state index is 13.8. The molecule has 0 aliphatic carbocycles. The number of amides is 1. The summed E-state index contributed by atoms with van der Waals surface area (Å²) in [4.78, 5) is 25.0. The summed E-state index contributed by atoms with van der Waals surface area (Å²) in [6.07, 6.45) is 1.93. The molecule has 45 heavy (non-hydrogen) atoms. The van der Waals surface area contributed by atoms with E-state index >= 15 is 0 Å². The van der Waals surface area contributed by atoms with Gasteiger partial charge in [0.2, 0.25) is 0 Å². The smallest absolute Gasteiger partial charge is 0.335 e. The highest BCUT2D eigenvalue weighted by molar-refractivity contribution is 6.10. The highest BCUT2D eigenvalue weighted by atomic mass is 19.1. The number of rotatable bonds is 9. The van der Waals surface area contributed by atoms with E-state index in [4.69, 9.17) is 0 Å². The zero-order valence-corrected chi connectivity index (χ0v) is 24.3. The van der Waals surface area contributed by atoms with Crippen molar-refractivity contribution in [3.05, 3.63) is 155 Å². The molecule has 0 saturated carbocycles. The van der Waals surface area contributed by atoms with Crippen molar-refractivity contribution in [1.82, 2.24) is 9.88 Å². The number of aromatic carboxylic acids is 1. The van der Waals surface area contributed by atoms with E-state index in [9.17, 15) is 23.5 Å². The second-order valence-corrected chi connectivity index (χ2v) is 10.8. The first-order valence-electron chi connectivity index (χ1n) is 14.4. The summed E-state index contributed by atoms with van der Waals surface area (Å²) in [5.74, 6) is -1.93. The summed E-state index contributed by atoms with van der Waals surface area (Å²) in [6, 6.07) is 31.9. The highest BCUT2D eigenvalue weighted by Gasteiger charge is 2.19. The summed E-state index contributed by atoms with van der Waals surface area (Å²) >= 11 is 0. The van der Waals surface area contributed by atoms with E-state index in [1.54, 1.807) is 42.5 Å². The molecule has 0 spiro atoms. The number of benzene rings is 5. The number of aromatic nitrogens is 1. The van der Waals surface area contributed by atoms with E-state index in [0.29, 0.717) is 23.3 Å². The molecular weight excluding hydrogens is 572 g/mol. The van der Waals surface area contributed by atoms with Gasteiger partial charge in [0.1, 0.15) is 11.6 Å². The molecule has 6 nitrogen and oxygen atoms in total. The van der Waals surface area contributed by atoms with Crippen molar-refractivity contribution in [2.75, 3.05) is 5.32 Å². The van der Waals surface area contributed by atoms with Crippen molar-refractivity contribution in [1.29, 1.82) is 0 Å². The summed E-state index contributed by atoms with van der Waals surface area (Å²) in [5, 5.41) is 16.4. The molecule has 0 bridgehead atoms. The number of hydrogen-bond donors (Lipinski definition) is 3. The summed E-state index contributed by atoms with van der Waals surface area (Å²) < 4.78 is 29.1. The van der Waals surface area contributed by atoms with Gasteiger partial charge < -0.3 is 20.3 Å². The molecular formula is C37H29F2N3O3. The van der Waals surface area contributed by atoms with Crippen LogP contribution < -0.4 is 10.6 Å². The predicted molar refractivity (Wildman–Crippen MR) is 172 cm³/mol. The third kappa shape index (κ3) is 6.45. The fourth-order valence-corrected chi connectivity index (χ4v) is 5.40. The average Bonchev–Trinajstić information content (AvgIpc) is 3.46. The third-order valence-corrected chi connectivity index (χ3v) is 7.76. The van der Waals surface area contributed by atoms with Crippen molar-refractivity contribution in [2.45, 2.75) is 19.5 Å². The lowest BCUT2D eigenvalue weighted by Crippen LogP contribution is -2.27. The van der Waals surface area contributed by atoms with Crippen molar-refractivity contribution >= 4 is 34.2 Å². The number of carboxylic acid groups (broad SMARTS) is 1. The Hall–Kier alpha value is -5.76. The SMILES string of the molecule is C[C@H](NC(=O)c1ccc(Nc2ccc(F)cc2)c2ccn(Cc3cccc(-c4ccc(F)cc4)c3)c12)c1ccc(C(=O)O)cc1. The molecule has 1 atom stereocenters. The lowest BCUT2D eigenvalue weighted by atomic mass is 10.0. The van der Waals surface area contributed by atoms with Gasteiger partial charge in [0.05, 0.1) is 22.7 Å². The Labute approximate surface area is 258 Å². The Morgan fingerprint density at radius 1 is 0.800 bits per heavy atom. The molecule has 8 heteroatoms. The minimum Gasteiger partial charge on any atom is -0.478 e. The molecule has 0 radical (unpaired) electrons. The zero-order chi connectivity index (χ0) is 31.5. The van der Waals surface area contributed by atoms with Crippen molar-refractivity contribution < 1.29 is 23.5 Å². The number of carbonyl (C=O) groups is 2. The van der Waals surface area contributed by atoms with E-state index in [1.807, 2.05) is 54.1 Å². The molecule has 1 aromatic heterocycles. The minimum absolute atomic E-state index is 0.171. The van der Waals surface area contributed by atoms with Crippen molar-refractivity contribution in [3.63, 3.8) is 0 Å². The van der Waals surface area contributed by atoms with Crippen LogP contribution in [0.2, 0.25) is 0 Å². The molecule has 1 amide bonds. The Balaban J connectivity index is 1.35. The monoisotopic (exact) mass is 601 g/mol. The normalized spacial score (nSPS) is 11.7. The van der Waals surface area contributed by atoms with Crippen LogP contribution in [-0.4, -0.2) is 21.6 Å². The van der Waals surface area contributed by atoms with E-state index in [0.717, 1.165) is 33.3 Å². The van der Waals surface area contributed by atoms with Crippen LogP contribution in [0.1, 0.15) is 44.8 Å². The first kappa shape index (κ1) is 29.3. The maximum absolute atomic E-state index is 13.8. The Bertz CT molecular complexity index is 2000. The van der Waals surface area contributed by atoms with Gasteiger partial charge in [-0.1, -0.05) is 42.5 Å². The van der Waals surface area contributed by atoms with Gasteiger partial charge in [-0.3, -0.25) is 4.79 Å². The first-order chi connectivity index (χ1) is 21.7. The molecule has 224 valence electrons. The van der Waals surface area contributed by atoms with Crippen LogP contribution >= 0.6 is 0 Å². The standard InChI is InChI=1S/C37H29F2N3O3/c1-23(25-5-7-27(8-6-25)37(44)45)40-36(43)33-17-18-34(41-31-15-13-30(39)14-16-31)32-19-20-42(35(32)33)22-24-3-2-4-28(21-24)26-9-11-29(38)12-10-26/h2-21,23,41H,22H2,1H3,(H,40,43)(H,44,45)/t23-/m0/s1. The summed E-state index contributed by atoms with van der Waals surface area (Å²) in [7, 11) is 0. The molecule has 6 rings (SSSR count). The number of fused-ring (bicyclic) bond motifs is 1. The predicted octanol–water partition coefficient (Wildman–Crippen LogP) is 8.57. The molecule has 0 saturated heterocycles. The molecule has 0 aliphatic heterocycles. The van der Waals surface area contributed by atoms with Gasteiger partial charge in [-0.05, 0) is 102 Å². The first-order valence-corrected chi connectivity index (χ1v) is 14.4. The van der Waals surface area contributed by atoms with Gasteiger partial charge in [-0.25, -0.2) is 13.6 Å². The number of nitrogens with zero attached hydrogens (tertiary/aromatic N) is 1. The van der Waals surface area contributed by atoms with Crippen LogP contribution in [0.25, 0.3) is 22.0 Å². The van der Waals surface area contributed by atoms with Gasteiger partial charge in [0, 0.05) is 29.5 Å². The van der Waals surface area contributed by atoms with Gasteiger partial charge in [0.25, 0.3) is 5.91 Å². The highest BCUT2D eigenvalue weighted by Crippen LogP contribution is 2.32. The fourth-order valence-electron chi connectivity index (χ4n) is 5.40. The Morgan fingerprint density at radius 3 is 2.18 bits per heavy atom. The summed E-state index contributed by atoms with van der Waals surface area (Å²) in [6.45, 7) is 2.31. The second kappa shape index (κ2) is 12.5. The number of anilines is 2. The number of nitrogens with one attached hydrogen (secondary N) is 2. The molecule has 3 N–H and O–H groups in total. The summed E-state index contributed by atoms with van der Waals surface area (Å²) in [5.41, 5.74) is 6.40.